The molecule has 0 saturated carbocycles. The molecule has 3 N–H and O–H groups in total. The van der Waals surface area contributed by atoms with Crippen LogP contribution in [0.3, 0.4) is 0 Å². The summed E-state index contributed by atoms with van der Waals surface area (Å²) in [7, 11) is 0. The third-order valence-electron chi connectivity index (χ3n) is 4.35. The Labute approximate surface area is 118 Å². The molecule has 20 heavy (non-hydrogen) atoms. The summed E-state index contributed by atoms with van der Waals surface area (Å²) >= 11 is 0. The van der Waals surface area contributed by atoms with Crippen molar-refractivity contribution >= 4 is 23.1 Å². The maximum Gasteiger partial charge on any atom is 0.225 e. The van der Waals surface area contributed by atoms with E-state index in [0.29, 0.717) is 17.8 Å². The number of amides is 1. The van der Waals surface area contributed by atoms with Gasteiger partial charge in [0.2, 0.25) is 5.91 Å². The van der Waals surface area contributed by atoms with Gasteiger partial charge in [-0.2, -0.15) is 0 Å². The van der Waals surface area contributed by atoms with E-state index >= 15 is 0 Å². The Morgan fingerprint density at radius 1 is 1.45 bits per heavy atom. The number of fused-ring (bicyclic) bond motifs is 1. The van der Waals surface area contributed by atoms with Crippen molar-refractivity contribution < 1.29 is 9.59 Å². The lowest BCUT2D eigenvalue weighted by Gasteiger charge is -2.38. The molecule has 0 spiro atoms. The van der Waals surface area contributed by atoms with Crippen molar-refractivity contribution in [2.24, 2.45) is 5.92 Å². The Kier molecular flexibility index (Phi) is 3.12. The Balaban J connectivity index is 1.94. The van der Waals surface area contributed by atoms with Gasteiger partial charge < -0.3 is 16.0 Å². The first-order valence-corrected chi connectivity index (χ1v) is 7.03. The minimum Gasteiger partial charge on any atom is -0.398 e. The number of carbonyl (C=O) groups is 2. The van der Waals surface area contributed by atoms with Crippen LogP contribution in [0, 0.1) is 5.92 Å². The van der Waals surface area contributed by atoms with Crippen LogP contribution < -0.4 is 16.0 Å². The molecule has 1 amide bonds. The molecule has 1 aromatic carbocycles. The average Bonchev–Trinajstić information content (AvgIpc) is 2.81. The Morgan fingerprint density at radius 2 is 2.25 bits per heavy atom. The molecule has 2 atom stereocenters. The number of hydrogen-bond donors (Lipinski definition) is 2. The topological polar surface area (TPSA) is 75.4 Å². The fraction of sp³-hybridized carbons (Fsp3) is 0.467. The second-order valence-electron chi connectivity index (χ2n) is 5.58. The van der Waals surface area contributed by atoms with Crippen molar-refractivity contribution in [3.63, 3.8) is 0 Å². The van der Waals surface area contributed by atoms with Gasteiger partial charge in [0.05, 0.1) is 12.0 Å². The summed E-state index contributed by atoms with van der Waals surface area (Å²) in [6.07, 6.45) is 1.94. The fourth-order valence-electron chi connectivity index (χ4n) is 3.30. The summed E-state index contributed by atoms with van der Waals surface area (Å²) in [5, 5.41) is 2.94. The van der Waals surface area contributed by atoms with Crippen LogP contribution in [0.2, 0.25) is 0 Å². The van der Waals surface area contributed by atoms with E-state index in [9.17, 15) is 9.59 Å². The molecule has 2 aliphatic heterocycles. The third kappa shape index (κ3) is 2.03. The second-order valence-corrected chi connectivity index (χ2v) is 5.58. The zero-order chi connectivity index (χ0) is 14.3. The molecule has 2 heterocycles. The highest BCUT2D eigenvalue weighted by atomic mass is 16.2. The highest BCUT2D eigenvalue weighted by Gasteiger charge is 2.40. The van der Waals surface area contributed by atoms with E-state index in [2.05, 4.69) is 10.2 Å². The standard InChI is InChI=1S/C15H19N3O2/c1-9(19)12-7-10(4-5-13(12)16)18-6-2-3-11-14(18)8-17-15(11)20/h4-5,7,11,14H,2-3,6,8,16H2,1H3,(H,17,20). The molecule has 0 aliphatic carbocycles. The first-order chi connectivity index (χ1) is 9.58. The zero-order valence-electron chi connectivity index (χ0n) is 11.6. The molecule has 3 rings (SSSR count). The number of nitrogens with zero attached hydrogens (tertiary/aromatic N) is 1. The molecule has 2 fully saturated rings. The van der Waals surface area contributed by atoms with E-state index in [1.165, 1.54) is 6.92 Å². The largest absolute Gasteiger partial charge is 0.398 e. The summed E-state index contributed by atoms with van der Waals surface area (Å²) in [6.45, 7) is 3.12. The molecule has 106 valence electrons. The van der Waals surface area contributed by atoms with E-state index in [4.69, 9.17) is 5.73 Å². The van der Waals surface area contributed by atoms with Crippen LogP contribution >= 0.6 is 0 Å². The smallest absolute Gasteiger partial charge is 0.225 e. The second kappa shape index (κ2) is 4.81. The summed E-state index contributed by atoms with van der Waals surface area (Å²) < 4.78 is 0. The van der Waals surface area contributed by atoms with Gasteiger partial charge in [-0.25, -0.2) is 0 Å². The molecule has 2 saturated heterocycles. The molecule has 0 radical (unpaired) electrons. The predicted octanol–water partition coefficient (Wildman–Crippen LogP) is 1.19. The van der Waals surface area contributed by atoms with Crippen LogP contribution in [-0.2, 0) is 4.79 Å². The summed E-state index contributed by atoms with van der Waals surface area (Å²) in [4.78, 5) is 25.7. The maximum atomic E-state index is 11.8. The number of benzene rings is 1. The first kappa shape index (κ1) is 13.0. The predicted molar refractivity (Wildman–Crippen MR) is 77.7 cm³/mol. The van der Waals surface area contributed by atoms with E-state index in [1.807, 2.05) is 12.1 Å². The first-order valence-electron chi connectivity index (χ1n) is 7.03. The SMILES string of the molecule is CC(=O)c1cc(N2CCCC3C(=O)NCC32)ccc1N. The normalized spacial score (nSPS) is 25.2. The zero-order valence-corrected chi connectivity index (χ0v) is 11.6. The van der Waals surface area contributed by atoms with Crippen molar-refractivity contribution in [2.75, 3.05) is 23.7 Å². The van der Waals surface area contributed by atoms with Crippen LogP contribution in [0.25, 0.3) is 0 Å². The molecule has 5 nitrogen and oxygen atoms in total. The van der Waals surface area contributed by atoms with Crippen molar-refractivity contribution in [2.45, 2.75) is 25.8 Å². The lowest BCUT2D eigenvalue weighted by molar-refractivity contribution is -0.122. The highest BCUT2D eigenvalue weighted by molar-refractivity contribution is 6.00. The van der Waals surface area contributed by atoms with Gasteiger partial charge in [0.25, 0.3) is 0 Å². The van der Waals surface area contributed by atoms with Gasteiger partial charge in [0.1, 0.15) is 0 Å². The number of anilines is 2. The number of nitrogens with one attached hydrogen (secondary N) is 1. The van der Waals surface area contributed by atoms with E-state index < -0.39 is 0 Å². The van der Waals surface area contributed by atoms with Gasteiger partial charge in [-0.15, -0.1) is 0 Å². The summed E-state index contributed by atoms with van der Waals surface area (Å²) in [6, 6.07) is 5.76. The van der Waals surface area contributed by atoms with Crippen molar-refractivity contribution in [3.8, 4) is 0 Å². The Hall–Kier alpha value is -2.04. The van der Waals surface area contributed by atoms with Crippen LogP contribution in [0.15, 0.2) is 18.2 Å². The minimum absolute atomic E-state index is 0.0291. The van der Waals surface area contributed by atoms with Crippen molar-refractivity contribution in [1.82, 2.24) is 5.32 Å². The van der Waals surface area contributed by atoms with Gasteiger partial charge in [0, 0.05) is 30.0 Å². The molecule has 2 aliphatic rings. The Bertz CT molecular complexity index is 570. The van der Waals surface area contributed by atoms with Gasteiger partial charge >= 0.3 is 0 Å². The maximum absolute atomic E-state index is 11.8. The quantitative estimate of drug-likeness (QED) is 0.627. The number of nitrogens with two attached hydrogens (primary N) is 1. The highest BCUT2D eigenvalue weighted by Crippen LogP contribution is 2.32. The number of ketones is 1. The summed E-state index contributed by atoms with van der Waals surface area (Å²) in [5.41, 5.74) is 7.89. The van der Waals surface area contributed by atoms with Crippen molar-refractivity contribution in [3.05, 3.63) is 23.8 Å². The molecular weight excluding hydrogens is 254 g/mol. The van der Waals surface area contributed by atoms with E-state index in [0.717, 1.165) is 25.1 Å². The average molecular weight is 273 g/mol. The minimum atomic E-state index is -0.0291. The molecule has 5 heteroatoms. The van der Waals surface area contributed by atoms with Crippen LogP contribution in [0.1, 0.15) is 30.1 Å². The fourth-order valence-corrected chi connectivity index (χ4v) is 3.30. The number of carbonyl (C=O) groups excluding carboxylic acids is 2. The lowest BCUT2D eigenvalue weighted by atomic mass is 9.90. The van der Waals surface area contributed by atoms with Gasteiger partial charge in [-0.05, 0) is 38.0 Å². The monoisotopic (exact) mass is 273 g/mol. The molecular formula is C15H19N3O2. The van der Waals surface area contributed by atoms with Crippen LogP contribution in [-0.4, -0.2) is 30.8 Å². The van der Waals surface area contributed by atoms with E-state index in [-0.39, 0.29) is 23.7 Å². The van der Waals surface area contributed by atoms with Crippen molar-refractivity contribution in [1.29, 1.82) is 0 Å². The number of rotatable bonds is 2. The van der Waals surface area contributed by atoms with E-state index in [1.54, 1.807) is 6.07 Å². The number of Topliss-reactive ketones (excluding diaryl/α,β-unsaturated/α-hetero) is 1. The van der Waals surface area contributed by atoms with Gasteiger partial charge in [0.15, 0.2) is 5.78 Å². The molecule has 0 bridgehead atoms. The van der Waals surface area contributed by atoms with Crippen LogP contribution in [0.5, 0.6) is 0 Å². The molecule has 2 unspecified atom stereocenters. The third-order valence-corrected chi connectivity index (χ3v) is 4.35. The number of hydrogen-bond acceptors (Lipinski definition) is 4. The Morgan fingerprint density at radius 3 is 3.00 bits per heavy atom. The van der Waals surface area contributed by atoms with Crippen LogP contribution in [0.4, 0.5) is 11.4 Å². The molecule has 0 aromatic heterocycles. The van der Waals surface area contributed by atoms with Gasteiger partial charge in [-0.1, -0.05) is 0 Å². The van der Waals surface area contributed by atoms with Gasteiger partial charge in [-0.3, -0.25) is 9.59 Å². The summed E-state index contributed by atoms with van der Waals surface area (Å²) in [5.74, 6) is 0.197. The number of nitrogen functional groups attached to an aromatic ring is 1. The lowest BCUT2D eigenvalue weighted by Crippen LogP contribution is -2.45. The number of piperidine rings is 1. The molecule has 1 aromatic rings.